The summed E-state index contributed by atoms with van der Waals surface area (Å²) in [5.74, 6) is 2.91. The van der Waals surface area contributed by atoms with Gasteiger partial charge in [0.25, 0.3) is 0 Å². The van der Waals surface area contributed by atoms with Crippen molar-refractivity contribution in [1.82, 2.24) is 0 Å². The fourth-order valence-electron chi connectivity index (χ4n) is 6.39. The van der Waals surface area contributed by atoms with E-state index in [4.69, 9.17) is 0 Å². The maximum atomic E-state index is 12.4. The Balaban J connectivity index is 0.000000815. The van der Waals surface area contributed by atoms with Crippen molar-refractivity contribution in [1.29, 1.82) is 0 Å². The van der Waals surface area contributed by atoms with Gasteiger partial charge < -0.3 is 0 Å². The minimum absolute atomic E-state index is 0.0310. The highest BCUT2D eigenvalue weighted by Gasteiger charge is 2.59. The van der Waals surface area contributed by atoms with Crippen LogP contribution in [0.3, 0.4) is 0 Å². The van der Waals surface area contributed by atoms with Crippen LogP contribution in [0.25, 0.3) is 0 Å². The van der Waals surface area contributed by atoms with Gasteiger partial charge >= 0.3 is 0 Å². The second-order valence-electron chi connectivity index (χ2n) is 8.55. The van der Waals surface area contributed by atoms with E-state index in [2.05, 4.69) is 26.8 Å². The van der Waals surface area contributed by atoms with Crippen LogP contribution in [-0.4, -0.2) is 11.6 Å². The molecule has 6 atom stereocenters. The highest BCUT2D eigenvalue weighted by molar-refractivity contribution is 6.01. The van der Waals surface area contributed by atoms with Crippen LogP contribution < -0.4 is 0 Å². The summed E-state index contributed by atoms with van der Waals surface area (Å²) in [7, 11) is 0. The molecule has 0 heterocycles. The van der Waals surface area contributed by atoms with Crippen molar-refractivity contribution in [2.75, 3.05) is 0 Å². The number of carbonyl (C=O) groups excluding carboxylic acids is 2. The van der Waals surface area contributed by atoms with E-state index in [0.29, 0.717) is 29.5 Å². The van der Waals surface area contributed by atoms with E-state index in [9.17, 15) is 9.59 Å². The maximum Gasteiger partial charge on any atom is 0.178 e. The Kier molecular flexibility index (Phi) is 4.38. The Morgan fingerprint density at radius 3 is 2.50 bits per heavy atom. The Hall–Kier alpha value is -1.18. The number of carbonyl (C=O) groups is 2. The van der Waals surface area contributed by atoms with Gasteiger partial charge in [-0.3, -0.25) is 9.59 Å². The minimum Gasteiger partial charge on any atom is -0.299 e. The molecular formula is C22H32O2. The molecule has 4 aliphatic carbocycles. The zero-order valence-corrected chi connectivity index (χ0v) is 15.9. The fourth-order valence-corrected chi connectivity index (χ4v) is 6.39. The molecule has 0 amide bonds. The van der Waals surface area contributed by atoms with Crippen molar-refractivity contribution in [3.8, 4) is 0 Å². The Morgan fingerprint density at radius 1 is 1.08 bits per heavy atom. The predicted octanol–water partition coefficient (Wildman–Crippen LogP) is 5.14. The summed E-state index contributed by atoms with van der Waals surface area (Å²) in [6, 6.07) is 0. The first kappa shape index (κ1) is 17.6. The predicted molar refractivity (Wildman–Crippen MR) is 97.5 cm³/mol. The molecule has 0 spiro atoms. The smallest absolute Gasteiger partial charge is 0.178 e. The zero-order chi connectivity index (χ0) is 17.7. The number of allylic oxidation sites excluding steroid dienone is 4. The van der Waals surface area contributed by atoms with E-state index in [1.807, 2.05) is 19.9 Å². The van der Waals surface area contributed by atoms with Gasteiger partial charge in [-0.15, -0.1) is 0 Å². The third-order valence-electron chi connectivity index (χ3n) is 7.59. The first-order valence-corrected chi connectivity index (χ1v) is 9.85. The molecule has 3 saturated carbocycles. The monoisotopic (exact) mass is 328 g/mol. The number of hydrogen-bond donors (Lipinski definition) is 0. The van der Waals surface area contributed by atoms with Gasteiger partial charge in [0.15, 0.2) is 5.78 Å². The van der Waals surface area contributed by atoms with Crippen LogP contribution in [0.1, 0.15) is 66.7 Å². The Bertz CT molecular complexity index is 613. The standard InChI is InChI=1S/C20H26O2.C2H6/c1-12-10-14-15-4-5-18(22)20(15,3)9-7-16(14)19(2)8-6-13(21)11-17(12)19;1-2/h6,8,11-12,14-16H,4-5,7,9-10H2,1-3H3;1-2H3/t12-,14-,15?,16?,19+,20-;/m0./s1. The summed E-state index contributed by atoms with van der Waals surface area (Å²) in [6.07, 6.45) is 11.0. The van der Waals surface area contributed by atoms with Crippen molar-refractivity contribution in [3.05, 3.63) is 23.8 Å². The lowest BCUT2D eigenvalue weighted by molar-refractivity contribution is -0.132. The number of Topliss-reactive ketones (excluding diaryl/α,β-unsaturated/α-hetero) is 1. The molecule has 3 fully saturated rings. The average molecular weight is 328 g/mol. The first-order chi connectivity index (χ1) is 11.4. The molecule has 2 unspecified atom stereocenters. The minimum atomic E-state index is -0.0628. The summed E-state index contributed by atoms with van der Waals surface area (Å²) in [5, 5.41) is 0. The Labute approximate surface area is 146 Å². The van der Waals surface area contributed by atoms with Crippen LogP contribution >= 0.6 is 0 Å². The van der Waals surface area contributed by atoms with E-state index in [0.717, 1.165) is 32.1 Å². The fraction of sp³-hybridized carbons (Fsp3) is 0.727. The topological polar surface area (TPSA) is 34.1 Å². The van der Waals surface area contributed by atoms with E-state index in [1.54, 1.807) is 6.08 Å². The molecule has 0 aromatic heterocycles. The molecule has 132 valence electrons. The molecule has 0 aliphatic heterocycles. The summed E-state index contributed by atoms with van der Waals surface area (Å²) in [6.45, 7) is 10.8. The van der Waals surface area contributed by atoms with E-state index < -0.39 is 0 Å². The van der Waals surface area contributed by atoms with Crippen molar-refractivity contribution < 1.29 is 9.59 Å². The zero-order valence-electron chi connectivity index (χ0n) is 15.9. The molecule has 0 N–H and O–H groups in total. The van der Waals surface area contributed by atoms with E-state index >= 15 is 0 Å². The van der Waals surface area contributed by atoms with Gasteiger partial charge in [-0.1, -0.05) is 46.3 Å². The molecule has 4 aliphatic rings. The third-order valence-corrected chi connectivity index (χ3v) is 7.59. The highest BCUT2D eigenvalue weighted by Crippen LogP contribution is 2.64. The third kappa shape index (κ3) is 2.29. The van der Waals surface area contributed by atoms with Crippen LogP contribution in [0.4, 0.5) is 0 Å². The Morgan fingerprint density at radius 2 is 1.79 bits per heavy atom. The van der Waals surface area contributed by atoms with Gasteiger partial charge in [0.2, 0.25) is 0 Å². The van der Waals surface area contributed by atoms with Crippen LogP contribution in [0.5, 0.6) is 0 Å². The summed E-state index contributed by atoms with van der Waals surface area (Å²) >= 11 is 0. The molecule has 24 heavy (non-hydrogen) atoms. The SMILES string of the molecule is CC.C[C@H]1C[C@@H]2C(CC[C@]3(C)C(=O)CCC23)[C@@]2(C)C=CC(=O)C=C12. The largest absolute Gasteiger partial charge is 0.299 e. The average Bonchev–Trinajstić information content (AvgIpc) is 2.87. The molecule has 0 saturated heterocycles. The van der Waals surface area contributed by atoms with Crippen LogP contribution in [0, 0.1) is 34.5 Å². The van der Waals surface area contributed by atoms with Gasteiger partial charge in [0, 0.05) is 17.3 Å². The van der Waals surface area contributed by atoms with Crippen LogP contribution in [0.2, 0.25) is 0 Å². The van der Waals surface area contributed by atoms with Crippen LogP contribution in [-0.2, 0) is 9.59 Å². The van der Waals surface area contributed by atoms with Crippen molar-refractivity contribution in [2.45, 2.75) is 66.7 Å². The first-order valence-electron chi connectivity index (χ1n) is 9.85. The number of fused-ring (bicyclic) bond motifs is 5. The molecule has 2 nitrogen and oxygen atoms in total. The van der Waals surface area contributed by atoms with Gasteiger partial charge in [-0.05, 0) is 61.5 Å². The maximum absolute atomic E-state index is 12.4. The molecule has 0 bridgehead atoms. The molecule has 0 aromatic carbocycles. The lowest BCUT2D eigenvalue weighted by atomic mass is 9.47. The summed E-state index contributed by atoms with van der Waals surface area (Å²) in [5.41, 5.74) is 1.31. The van der Waals surface area contributed by atoms with E-state index in [-0.39, 0.29) is 16.6 Å². The molecule has 4 rings (SSSR count). The number of ketones is 2. The summed E-state index contributed by atoms with van der Waals surface area (Å²) < 4.78 is 0. The molecule has 0 aromatic rings. The second-order valence-corrected chi connectivity index (χ2v) is 8.55. The van der Waals surface area contributed by atoms with Crippen LogP contribution in [0.15, 0.2) is 23.8 Å². The second kappa shape index (κ2) is 5.97. The highest BCUT2D eigenvalue weighted by atomic mass is 16.1. The van der Waals surface area contributed by atoms with E-state index in [1.165, 1.54) is 5.57 Å². The quantitative estimate of drug-likeness (QED) is 0.617. The lowest BCUT2D eigenvalue weighted by Crippen LogP contribution is -2.51. The normalized spacial score (nSPS) is 46.3. The van der Waals surface area contributed by atoms with Crippen molar-refractivity contribution in [3.63, 3.8) is 0 Å². The number of hydrogen-bond acceptors (Lipinski definition) is 2. The molecule has 2 heteroatoms. The van der Waals surface area contributed by atoms with Gasteiger partial charge in [0.05, 0.1) is 0 Å². The molecule has 0 radical (unpaired) electrons. The molecular weight excluding hydrogens is 296 g/mol. The van der Waals surface area contributed by atoms with Gasteiger partial charge in [-0.2, -0.15) is 0 Å². The van der Waals surface area contributed by atoms with Crippen molar-refractivity contribution >= 4 is 11.6 Å². The number of rotatable bonds is 0. The van der Waals surface area contributed by atoms with Gasteiger partial charge in [0.1, 0.15) is 5.78 Å². The van der Waals surface area contributed by atoms with Gasteiger partial charge in [-0.25, -0.2) is 0 Å². The van der Waals surface area contributed by atoms with Crippen molar-refractivity contribution in [2.24, 2.45) is 34.5 Å². The lowest BCUT2D eigenvalue weighted by Gasteiger charge is -2.57. The summed E-state index contributed by atoms with van der Waals surface area (Å²) in [4.78, 5) is 24.3.